The zero-order valence-electron chi connectivity index (χ0n) is 10.6. The first-order valence-corrected chi connectivity index (χ1v) is 5.80. The number of aromatic nitrogens is 1. The van der Waals surface area contributed by atoms with Gasteiger partial charge >= 0.3 is 0 Å². The molecule has 0 aliphatic heterocycles. The van der Waals surface area contributed by atoms with Gasteiger partial charge in [-0.05, 0) is 31.5 Å². The van der Waals surface area contributed by atoms with Gasteiger partial charge in [0.1, 0.15) is 18.2 Å². The number of hydrogen-bond donors (Lipinski definition) is 2. The van der Waals surface area contributed by atoms with Crippen LogP contribution in [0.3, 0.4) is 0 Å². The third kappa shape index (κ3) is 2.99. The number of aryl methyl sites for hydroxylation is 2. The Bertz CT molecular complexity index is 523. The molecule has 0 saturated carbocycles. The fourth-order valence-corrected chi connectivity index (χ4v) is 1.72. The van der Waals surface area contributed by atoms with E-state index in [1.807, 2.05) is 31.2 Å². The highest BCUT2D eigenvalue weighted by Gasteiger charge is 2.01. The van der Waals surface area contributed by atoms with Crippen LogP contribution in [-0.4, -0.2) is 4.98 Å². The van der Waals surface area contributed by atoms with Gasteiger partial charge in [-0.2, -0.15) is 0 Å². The molecule has 2 aromatic rings. The zero-order chi connectivity index (χ0) is 13.0. The van der Waals surface area contributed by atoms with Crippen LogP contribution in [0.15, 0.2) is 36.5 Å². The lowest BCUT2D eigenvalue weighted by atomic mass is 10.1. The average Bonchev–Trinajstić information content (AvgIpc) is 2.38. The van der Waals surface area contributed by atoms with Crippen molar-refractivity contribution >= 4 is 5.82 Å². The third-order valence-corrected chi connectivity index (χ3v) is 2.70. The summed E-state index contributed by atoms with van der Waals surface area (Å²) in [6, 6.07) is 9.90. The highest BCUT2D eigenvalue weighted by molar-refractivity contribution is 5.36. The Kier molecular flexibility index (Phi) is 3.79. The van der Waals surface area contributed by atoms with Gasteiger partial charge in [-0.25, -0.2) is 10.8 Å². The predicted octanol–water partition coefficient (Wildman–Crippen LogP) is 2.56. The summed E-state index contributed by atoms with van der Waals surface area (Å²) in [7, 11) is 0. The summed E-state index contributed by atoms with van der Waals surface area (Å²) in [5.41, 5.74) is 5.88. The molecule has 0 fully saturated rings. The Morgan fingerprint density at radius 2 is 2.06 bits per heavy atom. The number of benzene rings is 1. The van der Waals surface area contributed by atoms with Crippen LogP contribution in [0.4, 0.5) is 5.82 Å². The summed E-state index contributed by atoms with van der Waals surface area (Å²) in [5, 5.41) is 0. The van der Waals surface area contributed by atoms with E-state index in [-0.39, 0.29) is 0 Å². The molecule has 18 heavy (non-hydrogen) atoms. The molecule has 3 N–H and O–H groups in total. The van der Waals surface area contributed by atoms with Crippen LogP contribution in [0.5, 0.6) is 5.75 Å². The molecule has 0 aliphatic rings. The number of hydrazine groups is 1. The van der Waals surface area contributed by atoms with Gasteiger partial charge < -0.3 is 10.2 Å². The molecule has 4 heteroatoms. The van der Waals surface area contributed by atoms with E-state index < -0.39 is 0 Å². The summed E-state index contributed by atoms with van der Waals surface area (Å²) in [5.74, 6) is 6.80. The minimum absolute atomic E-state index is 0.502. The molecule has 0 radical (unpaired) electrons. The van der Waals surface area contributed by atoms with E-state index in [2.05, 4.69) is 23.4 Å². The number of nitrogens with one attached hydrogen (secondary N) is 1. The summed E-state index contributed by atoms with van der Waals surface area (Å²) >= 11 is 0. The minimum atomic E-state index is 0.502. The average molecular weight is 243 g/mol. The van der Waals surface area contributed by atoms with Gasteiger partial charge in [-0.1, -0.05) is 23.8 Å². The van der Waals surface area contributed by atoms with Crippen molar-refractivity contribution in [3.8, 4) is 5.75 Å². The van der Waals surface area contributed by atoms with E-state index in [0.717, 1.165) is 16.9 Å². The molecule has 0 aliphatic carbocycles. The highest BCUT2D eigenvalue weighted by atomic mass is 16.5. The number of nitrogen functional groups attached to an aromatic ring is 1. The summed E-state index contributed by atoms with van der Waals surface area (Å²) in [6.07, 6.45) is 1.75. The first kappa shape index (κ1) is 12.4. The van der Waals surface area contributed by atoms with E-state index in [4.69, 9.17) is 10.6 Å². The zero-order valence-corrected chi connectivity index (χ0v) is 10.6. The molecule has 1 aromatic carbocycles. The number of hydrogen-bond acceptors (Lipinski definition) is 4. The molecular formula is C14H17N3O. The van der Waals surface area contributed by atoms with E-state index in [9.17, 15) is 0 Å². The number of nitrogens with two attached hydrogens (primary N) is 1. The molecule has 0 amide bonds. The van der Waals surface area contributed by atoms with Crippen molar-refractivity contribution < 1.29 is 4.74 Å². The SMILES string of the molecule is Cc1ccc(OCc2ccc(NN)nc2)c(C)c1. The lowest BCUT2D eigenvalue weighted by Gasteiger charge is -2.10. The predicted molar refractivity (Wildman–Crippen MR) is 72.3 cm³/mol. The molecule has 0 bridgehead atoms. The Morgan fingerprint density at radius 3 is 2.67 bits per heavy atom. The van der Waals surface area contributed by atoms with E-state index in [0.29, 0.717) is 12.4 Å². The number of anilines is 1. The van der Waals surface area contributed by atoms with Crippen LogP contribution in [0.2, 0.25) is 0 Å². The van der Waals surface area contributed by atoms with Crippen LogP contribution in [-0.2, 0) is 6.61 Å². The minimum Gasteiger partial charge on any atom is -0.489 e. The lowest BCUT2D eigenvalue weighted by molar-refractivity contribution is 0.303. The van der Waals surface area contributed by atoms with Crippen LogP contribution < -0.4 is 16.0 Å². The van der Waals surface area contributed by atoms with Gasteiger partial charge in [0.25, 0.3) is 0 Å². The molecule has 94 valence electrons. The lowest BCUT2D eigenvalue weighted by Crippen LogP contribution is -2.08. The van der Waals surface area contributed by atoms with Crippen LogP contribution in [0.1, 0.15) is 16.7 Å². The second-order valence-corrected chi connectivity index (χ2v) is 4.25. The molecule has 0 spiro atoms. The monoisotopic (exact) mass is 243 g/mol. The maximum Gasteiger partial charge on any atom is 0.139 e. The van der Waals surface area contributed by atoms with Crippen LogP contribution in [0.25, 0.3) is 0 Å². The van der Waals surface area contributed by atoms with Gasteiger partial charge in [0.05, 0.1) is 0 Å². The van der Waals surface area contributed by atoms with Crippen LogP contribution >= 0.6 is 0 Å². The Labute approximate surface area is 107 Å². The topological polar surface area (TPSA) is 60.2 Å². The summed E-state index contributed by atoms with van der Waals surface area (Å²) in [4.78, 5) is 4.13. The van der Waals surface area contributed by atoms with Crippen molar-refractivity contribution in [1.29, 1.82) is 0 Å². The fourth-order valence-electron chi connectivity index (χ4n) is 1.72. The molecule has 1 heterocycles. The van der Waals surface area contributed by atoms with Gasteiger partial charge in [0.15, 0.2) is 0 Å². The number of pyridine rings is 1. The molecule has 1 aromatic heterocycles. The summed E-state index contributed by atoms with van der Waals surface area (Å²) < 4.78 is 5.76. The molecular weight excluding hydrogens is 226 g/mol. The van der Waals surface area contributed by atoms with Gasteiger partial charge in [-0.15, -0.1) is 0 Å². The summed E-state index contributed by atoms with van der Waals surface area (Å²) in [6.45, 7) is 4.61. The normalized spacial score (nSPS) is 10.2. The van der Waals surface area contributed by atoms with Gasteiger partial charge in [-0.3, -0.25) is 0 Å². The van der Waals surface area contributed by atoms with Crippen molar-refractivity contribution in [1.82, 2.24) is 4.98 Å². The largest absolute Gasteiger partial charge is 0.489 e. The molecule has 2 rings (SSSR count). The highest BCUT2D eigenvalue weighted by Crippen LogP contribution is 2.20. The Hall–Kier alpha value is -2.07. The van der Waals surface area contributed by atoms with Gasteiger partial charge in [0.2, 0.25) is 0 Å². The standard InChI is InChI=1S/C14H17N3O/c1-10-3-5-13(11(2)7-10)18-9-12-4-6-14(17-15)16-8-12/h3-8H,9,15H2,1-2H3,(H,16,17). The quantitative estimate of drug-likeness (QED) is 0.640. The second-order valence-electron chi connectivity index (χ2n) is 4.25. The van der Waals surface area contributed by atoms with E-state index in [1.54, 1.807) is 6.20 Å². The Morgan fingerprint density at radius 1 is 1.22 bits per heavy atom. The van der Waals surface area contributed by atoms with E-state index >= 15 is 0 Å². The second kappa shape index (κ2) is 5.51. The van der Waals surface area contributed by atoms with Crippen molar-refractivity contribution in [2.75, 3.05) is 5.43 Å². The third-order valence-electron chi connectivity index (χ3n) is 2.70. The first-order chi connectivity index (χ1) is 8.69. The molecule has 4 nitrogen and oxygen atoms in total. The van der Waals surface area contributed by atoms with E-state index in [1.165, 1.54) is 5.56 Å². The maximum absolute atomic E-state index is 5.76. The number of ether oxygens (including phenoxy) is 1. The van der Waals surface area contributed by atoms with Crippen molar-refractivity contribution in [3.05, 3.63) is 53.2 Å². The van der Waals surface area contributed by atoms with Crippen molar-refractivity contribution in [2.45, 2.75) is 20.5 Å². The smallest absolute Gasteiger partial charge is 0.139 e. The fraction of sp³-hybridized carbons (Fsp3) is 0.214. The van der Waals surface area contributed by atoms with Crippen LogP contribution in [0, 0.1) is 13.8 Å². The first-order valence-electron chi connectivity index (χ1n) is 5.80. The Balaban J connectivity index is 2.02. The maximum atomic E-state index is 5.76. The molecule has 0 saturated heterocycles. The number of rotatable bonds is 4. The van der Waals surface area contributed by atoms with Crippen molar-refractivity contribution in [2.24, 2.45) is 5.84 Å². The molecule has 0 unspecified atom stereocenters. The van der Waals surface area contributed by atoms with Gasteiger partial charge in [0, 0.05) is 11.8 Å². The van der Waals surface area contributed by atoms with Crippen molar-refractivity contribution in [3.63, 3.8) is 0 Å². The molecule has 0 atom stereocenters. The number of nitrogens with zero attached hydrogens (tertiary/aromatic N) is 1.